The number of hydrogen-bond donors (Lipinski definition) is 2. The summed E-state index contributed by atoms with van der Waals surface area (Å²) in [5.41, 5.74) is 4.25. The summed E-state index contributed by atoms with van der Waals surface area (Å²) in [6.07, 6.45) is 2.20. The first kappa shape index (κ1) is 16.3. The number of anilines is 2. The summed E-state index contributed by atoms with van der Waals surface area (Å²) in [5.74, 6) is 1.56. The van der Waals surface area contributed by atoms with Crippen molar-refractivity contribution in [3.05, 3.63) is 47.2 Å². The first-order valence-electron chi connectivity index (χ1n) is 9.26. The molecule has 1 saturated heterocycles. The number of carbonyl (C=O) groups excluding carboxylic acids is 1. The van der Waals surface area contributed by atoms with Gasteiger partial charge in [0.15, 0.2) is 0 Å². The van der Waals surface area contributed by atoms with Crippen LogP contribution in [0.1, 0.15) is 29.0 Å². The van der Waals surface area contributed by atoms with Gasteiger partial charge in [-0.15, -0.1) is 0 Å². The van der Waals surface area contributed by atoms with Gasteiger partial charge in [0, 0.05) is 41.9 Å². The number of hydrogen-bond acceptors (Lipinski definition) is 5. The molecule has 2 aromatic heterocycles. The molecule has 1 fully saturated rings. The lowest BCUT2D eigenvalue weighted by atomic mass is 9.86. The molecule has 1 amide bonds. The molecule has 0 unspecified atom stereocenters. The van der Waals surface area contributed by atoms with Gasteiger partial charge >= 0.3 is 0 Å². The van der Waals surface area contributed by atoms with E-state index in [-0.39, 0.29) is 11.8 Å². The molecule has 0 saturated carbocycles. The zero-order valence-corrected chi connectivity index (χ0v) is 15.2. The van der Waals surface area contributed by atoms with Crippen molar-refractivity contribution < 1.29 is 9.53 Å². The Hall–Kier alpha value is -2.93. The van der Waals surface area contributed by atoms with E-state index in [0.29, 0.717) is 25.5 Å². The van der Waals surface area contributed by atoms with Crippen LogP contribution >= 0.6 is 0 Å². The van der Waals surface area contributed by atoms with Crippen molar-refractivity contribution in [2.45, 2.75) is 19.3 Å². The number of pyridine rings is 1. The maximum absolute atomic E-state index is 12.3. The van der Waals surface area contributed by atoms with E-state index in [1.165, 1.54) is 5.56 Å². The first-order valence-corrected chi connectivity index (χ1v) is 9.26. The Bertz CT molecular complexity index is 1020. The van der Waals surface area contributed by atoms with Gasteiger partial charge in [-0.1, -0.05) is 12.1 Å². The van der Waals surface area contributed by atoms with Gasteiger partial charge in [0.1, 0.15) is 11.6 Å². The number of amides is 1. The molecule has 7 heteroatoms. The van der Waals surface area contributed by atoms with Crippen LogP contribution in [0.5, 0.6) is 0 Å². The molecular formula is C20H21N5O2. The lowest BCUT2D eigenvalue weighted by Gasteiger charge is -2.32. The molecule has 1 atom stereocenters. The molecule has 2 aliphatic heterocycles. The fraction of sp³-hybridized carbons (Fsp3) is 0.350. The van der Waals surface area contributed by atoms with E-state index in [9.17, 15) is 4.79 Å². The maximum atomic E-state index is 12.3. The number of aromatic amines is 1. The standard InChI is InChI=1S/C20H21N5O2/c1-12-2-3-13-9-15(14-10-18(26)23-19-16(14)11-21-24-19)20(22-17(13)8-12)25-4-6-27-7-5-25/h2-3,8-9,11,14H,4-7,10H2,1H3,(H2,21,23,24,26)/t14-/m1/s1. The predicted molar refractivity (Wildman–Crippen MR) is 103 cm³/mol. The molecule has 0 spiro atoms. The second-order valence-electron chi connectivity index (χ2n) is 7.20. The van der Waals surface area contributed by atoms with Gasteiger partial charge in [0.2, 0.25) is 5.91 Å². The SMILES string of the molecule is Cc1ccc2cc([C@H]3CC(=O)Nc4[nH]ncc43)c(N3CCOCC3)nc2c1. The lowest BCUT2D eigenvalue weighted by Crippen LogP contribution is -2.38. The summed E-state index contributed by atoms with van der Waals surface area (Å²) < 4.78 is 5.53. The molecule has 2 aliphatic rings. The highest BCUT2D eigenvalue weighted by atomic mass is 16.5. The molecule has 2 N–H and O–H groups in total. The number of rotatable bonds is 2. The number of nitrogens with zero attached hydrogens (tertiary/aromatic N) is 3. The van der Waals surface area contributed by atoms with Crippen molar-refractivity contribution in [2.75, 3.05) is 36.5 Å². The third-order valence-corrected chi connectivity index (χ3v) is 5.37. The Morgan fingerprint density at radius 2 is 2.04 bits per heavy atom. The van der Waals surface area contributed by atoms with Crippen LogP contribution in [0.25, 0.3) is 10.9 Å². The number of H-pyrrole nitrogens is 1. The molecule has 7 nitrogen and oxygen atoms in total. The summed E-state index contributed by atoms with van der Waals surface area (Å²) >= 11 is 0. The first-order chi connectivity index (χ1) is 13.2. The summed E-state index contributed by atoms with van der Waals surface area (Å²) in [6.45, 7) is 5.06. The normalized spacial score (nSPS) is 19.8. The Balaban J connectivity index is 1.70. The molecule has 5 rings (SSSR count). The van der Waals surface area contributed by atoms with Crippen LogP contribution < -0.4 is 10.2 Å². The molecular weight excluding hydrogens is 342 g/mol. The highest BCUT2D eigenvalue weighted by Crippen LogP contribution is 2.40. The van der Waals surface area contributed by atoms with Crippen LogP contribution in [-0.2, 0) is 9.53 Å². The van der Waals surface area contributed by atoms with Crippen molar-refractivity contribution in [2.24, 2.45) is 0 Å². The van der Waals surface area contributed by atoms with E-state index in [1.807, 2.05) is 6.20 Å². The number of morpholine rings is 1. The molecule has 0 bridgehead atoms. The van der Waals surface area contributed by atoms with Crippen LogP contribution in [-0.4, -0.2) is 47.4 Å². The van der Waals surface area contributed by atoms with E-state index in [4.69, 9.17) is 9.72 Å². The topological polar surface area (TPSA) is 83.1 Å². The van der Waals surface area contributed by atoms with E-state index < -0.39 is 0 Å². The second-order valence-corrected chi connectivity index (χ2v) is 7.20. The predicted octanol–water partition coefficient (Wildman–Crippen LogP) is 2.58. The average molecular weight is 363 g/mol. The van der Waals surface area contributed by atoms with Crippen LogP contribution in [0.2, 0.25) is 0 Å². The highest BCUT2D eigenvalue weighted by Gasteiger charge is 2.32. The van der Waals surface area contributed by atoms with Gasteiger partial charge in [-0.3, -0.25) is 9.89 Å². The fourth-order valence-corrected chi connectivity index (χ4v) is 3.99. The van der Waals surface area contributed by atoms with E-state index in [0.717, 1.165) is 40.9 Å². The number of carbonyl (C=O) groups is 1. The maximum Gasteiger partial charge on any atom is 0.226 e. The van der Waals surface area contributed by atoms with E-state index >= 15 is 0 Å². The minimum atomic E-state index is -0.0662. The van der Waals surface area contributed by atoms with Crippen molar-refractivity contribution >= 4 is 28.4 Å². The molecule has 1 aromatic carbocycles. The highest BCUT2D eigenvalue weighted by molar-refractivity contribution is 5.95. The summed E-state index contributed by atoms with van der Waals surface area (Å²) in [7, 11) is 0. The molecule has 0 aliphatic carbocycles. The van der Waals surface area contributed by atoms with E-state index in [2.05, 4.69) is 51.6 Å². The Morgan fingerprint density at radius 1 is 1.19 bits per heavy atom. The average Bonchev–Trinajstić information content (AvgIpc) is 3.15. The van der Waals surface area contributed by atoms with Crippen LogP contribution in [0.4, 0.5) is 11.6 Å². The van der Waals surface area contributed by atoms with Gasteiger partial charge in [0.05, 0.1) is 24.9 Å². The third-order valence-electron chi connectivity index (χ3n) is 5.37. The zero-order chi connectivity index (χ0) is 18.4. The quantitative estimate of drug-likeness (QED) is 0.731. The molecule has 0 radical (unpaired) electrons. The van der Waals surface area contributed by atoms with Crippen LogP contribution in [0.3, 0.4) is 0 Å². The summed E-state index contributed by atoms with van der Waals surface area (Å²) in [4.78, 5) is 19.6. The lowest BCUT2D eigenvalue weighted by molar-refractivity contribution is -0.116. The monoisotopic (exact) mass is 363 g/mol. The number of fused-ring (bicyclic) bond motifs is 2. The Morgan fingerprint density at radius 3 is 2.89 bits per heavy atom. The number of aryl methyl sites for hydroxylation is 1. The number of nitrogens with one attached hydrogen (secondary N) is 2. The largest absolute Gasteiger partial charge is 0.378 e. The third kappa shape index (κ3) is 2.84. The van der Waals surface area contributed by atoms with Crippen molar-refractivity contribution in [1.82, 2.24) is 15.2 Å². The number of aromatic nitrogens is 3. The number of ether oxygens (including phenoxy) is 1. The Labute approximate surface area is 156 Å². The van der Waals surface area contributed by atoms with Crippen LogP contribution in [0.15, 0.2) is 30.5 Å². The Kier molecular flexibility index (Phi) is 3.82. The second kappa shape index (κ2) is 6.35. The van der Waals surface area contributed by atoms with Crippen molar-refractivity contribution in [1.29, 1.82) is 0 Å². The minimum absolute atomic E-state index is 0.00585. The van der Waals surface area contributed by atoms with Crippen LogP contribution in [0, 0.1) is 6.92 Å². The van der Waals surface area contributed by atoms with Crippen molar-refractivity contribution in [3.63, 3.8) is 0 Å². The minimum Gasteiger partial charge on any atom is -0.378 e. The molecule has 27 heavy (non-hydrogen) atoms. The summed E-state index contributed by atoms with van der Waals surface area (Å²) in [6, 6.07) is 8.50. The van der Waals surface area contributed by atoms with Gasteiger partial charge < -0.3 is 15.0 Å². The van der Waals surface area contributed by atoms with Gasteiger partial charge in [-0.25, -0.2) is 4.98 Å². The summed E-state index contributed by atoms with van der Waals surface area (Å²) in [5, 5.41) is 11.0. The van der Waals surface area contributed by atoms with Gasteiger partial charge in [-0.2, -0.15) is 5.10 Å². The van der Waals surface area contributed by atoms with Gasteiger partial charge in [-0.05, 0) is 24.6 Å². The van der Waals surface area contributed by atoms with Crippen molar-refractivity contribution in [3.8, 4) is 0 Å². The molecule has 3 aromatic rings. The fourth-order valence-electron chi connectivity index (χ4n) is 3.99. The zero-order valence-electron chi connectivity index (χ0n) is 15.2. The molecule has 4 heterocycles. The molecule has 138 valence electrons. The van der Waals surface area contributed by atoms with E-state index in [1.54, 1.807) is 0 Å². The smallest absolute Gasteiger partial charge is 0.226 e. The van der Waals surface area contributed by atoms with Gasteiger partial charge in [0.25, 0.3) is 0 Å². The number of benzene rings is 1.